The zero-order valence-electron chi connectivity index (χ0n) is 7.35. The molecule has 7 heteroatoms. The number of hydrogen-bond acceptors (Lipinski definition) is 4. The van der Waals surface area contributed by atoms with Gasteiger partial charge < -0.3 is 0 Å². The summed E-state index contributed by atoms with van der Waals surface area (Å²) < 4.78 is 13.7. The molecule has 0 aromatic carbocycles. The Morgan fingerprint density at radius 1 is 1.47 bits per heavy atom. The second-order valence-electron chi connectivity index (χ2n) is 2.71. The number of halogens is 1. The van der Waals surface area contributed by atoms with Crippen LogP contribution in [0.2, 0.25) is 0 Å². The van der Waals surface area contributed by atoms with Crippen LogP contribution in [0.25, 0.3) is 5.95 Å². The first-order valence-electron chi connectivity index (χ1n) is 3.96. The molecule has 0 aliphatic heterocycles. The largest absolute Gasteiger partial charge is 0.298 e. The van der Waals surface area contributed by atoms with Crippen LogP contribution >= 0.6 is 0 Å². The number of aromatic amines is 1. The van der Waals surface area contributed by atoms with E-state index in [1.54, 1.807) is 0 Å². The lowest BCUT2D eigenvalue weighted by atomic mass is 10.4. The highest BCUT2D eigenvalue weighted by molar-refractivity contribution is 5.73. The van der Waals surface area contributed by atoms with E-state index >= 15 is 0 Å². The van der Waals surface area contributed by atoms with Crippen molar-refractivity contribution in [2.45, 2.75) is 0 Å². The second kappa shape index (κ2) is 3.45. The summed E-state index contributed by atoms with van der Waals surface area (Å²) in [5, 5.41) is 3.60. The third-order valence-electron chi connectivity index (χ3n) is 1.71. The maximum absolute atomic E-state index is 12.6. The molecule has 0 amide bonds. The van der Waals surface area contributed by atoms with Gasteiger partial charge in [-0.3, -0.25) is 14.6 Å². The first kappa shape index (κ1) is 9.25. The molecule has 76 valence electrons. The monoisotopic (exact) mass is 208 g/mol. The molecular weight excluding hydrogens is 203 g/mol. The van der Waals surface area contributed by atoms with Gasteiger partial charge in [-0.05, 0) is 0 Å². The average Bonchev–Trinajstić information content (AvgIpc) is 2.65. The number of carbonyl (C=O) groups is 1. The zero-order valence-corrected chi connectivity index (χ0v) is 7.35. The predicted octanol–water partition coefficient (Wildman–Crippen LogP) is -0.0928. The fourth-order valence-electron chi connectivity index (χ4n) is 1.01. The highest BCUT2D eigenvalue weighted by Crippen LogP contribution is 1.99. The SMILES string of the molecule is O=Cc1cnc(-n2cc(F)cn2)[nH]c1=O. The molecule has 0 atom stereocenters. The summed E-state index contributed by atoms with van der Waals surface area (Å²) in [7, 11) is 0. The number of nitrogens with one attached hydrogen (secondary N) is 1. The highest BCUT2D eigenvalue weighted by Gasteiger charge is 2.04. The molecule has 2 rings (SSSR count). The van der Waals surface area contributed by atoms with E-state index in [0.717, 1.165) is 23.3 Å². The molecule has 1 N–H and O–H groups in total. The number of H-pyrrole nitrogens is 1. The van der Waals surface area contributed by atoms with Crippen LogP contribution in [-0.2, 0) is 0 Å². The average molecular weight is 208 g/mol. The lowest BCUT2D eigenvalue weighted by Gasteiger charge is -1.98. The Bertz CT molecular complexity index is 560. The van der Waals surface area contributed by atoms with Crippen molar-refractivity contribution < 1.29 is 9.18 Å². The maximum Gasteiger partial charge on any atom is 0.262 e. The smallest absolute Gasteiger partial charge is 0.262 e. The molecule has 0 radical (unpaired) electrons. The Hall–Kier alpha value is -2.31. The number of aromatic nitrogens is 4. The van der Waals surface area contributed by atoms with E-state index in [2.05, 4.69) is 15.1 Å². The van der Waals surface area contributed by atoms with Crippen molar-refractivity contribution in [1.29, 1.82) is 0 Å². The summed E-state index contributed by atoms with van der Waals surface area (Å²) in [4.78, 5) is 27.6. The first-order valence-corrected chi connectivity index (χ1v) is 3.96. The van der Waals surface area contributed by atoms with Crippen LogP contribution in [0.4, 0.5) is 4.39 Å². The molecule has 0 saturated carbocycles. The van der Waals surface area contributed by atoms with Crippen molar-refractivity contribution in [3.05, 3.63) is 40.3 Å². The van der Waals surface area contributed by atoms with Gasteiger partial charge in [-0.2, -0.15) is 5.10 Å². The normalized spacial score (nSPS) is 10.2. The molecule has 2 heterocycles. The van der Waals surface area contributed by atoms with Crippen molar-refractivity contribution in [1.82, 2.24) is 19.7 Å². The molecule has 0 spiro atoms. The predicted molar refractivity (Wildman–Crippen MR) is 47.3 cm³/mol. The van der Waals surface area contributed by atoms with Gasteiger partial charge >= 0.3 is 0 Å². The van der Waals surface area contributed by atoms with Crippen LogP contribution in [0, 0.1) is 5.82 Å². The molecule has 15 heavy (non-hydrogen) atoms. The fraction of sp³-hybridized carbons (Fsp3) is 0. The lowest BCUT2D eigenvalue weighted by Crippen LogP contribution is -2.16. The van der Waals surface area contributed by atoms with Crippen molar-refractivity contribution in [2.75, 3.05) is 0 Å². The molecule has 0 unspecified atom stereocenters. The van der Waals surface area contributed by atoms with Crippen LogP contribution in [0.3, 0.4) is 0 Å². The van der Waals surface area contributed by atoms with E-state index in [9.17, 15) is 14.0 Å². The van der Waals surface area contributed by atoms with Gasteiger partial charge in [0, 0.05) is 6.20 Å². The Kier molecular flexibility index (Phi) is 2.13. The van der Waals surface area contributed by atoms with Crippen LogP contribution in [0.5, 0.6) is 0 Å². The van der Waals surface area contributed by atoms with Crippen LogP contribution in [0.15, 0.2) is 23.4 Å². The fourth-order valence-corrected chi connectivity index (χ4v) is 1.01. The van der Waals surface area contributed by atoms with E-state index < -0.39 is 11.4 Å². The first-order chi connectivity index (χ1) is 7.20. The van der Waals surface area contributed by atoms with Crippen LogP contribution < -0.4 is 5.56 Å². The van der Waals surface area contributed by atoms with Crippen LogP contribution in [0.1, 0.15) is 10.4 Å². The van der Waals surface area contributed by atoms with E-state index in [1.165, 1.54) is 0 Å². The summed E-state index contributed by atoms with van der Waals surface area (Å²) in [6.45, 7) is 0. The van der Waals surface area contributed by atoms with Gasteiger partial charge in [0.15, 0.2) is 12.1 Å². The van der Waals surface area contributed by atoms with Crippen molar-refractivity contribution in [3.63, 3.8) is 0 Å². The summed E-state index contributed by atoms with van der Waals surface area (Å²) in [5.74, 6) is -0.494. The minimum atomic E-state index is -0.592. The van der Waals surface area contributed by atoms with Gasteiger partial charge in [0.05, 0.1) is 18.0 Å². The topological polar surface area (TPSA) is 80.6 Å². The summed E-state index contributed by atoms with van der Waals surface area (Å²) in [6, 6.07) is 0. The Balaban J connectivity index is 2.51. The Labute approximate surface area is 82.4 Å². The van der Waals surface area contributed by atoms with E-state index in [-0.39, 0.29) is 11.5 Å². The van der Waals surface area contributed by atoms with E-state index in [4.69, 9.17) is 0 Å². The molecular formula is C8H5FN4O2. The molecule has 2 aromatic heterocycles. The van der Waals surface area contributed by atoms with Gasteiger partial charge in [-0.15, -0.1) is 0 Å². The summed E-state index contributed by atoms with van der Waals surface area (Å²) in [6.07, 6.45) is 3.52. The van der Waals surface area contributed by atoms with Gasteiger partial charge in [0.2, 0.25) is 5.95 Å². The van der Waals surface area contributed by atoms with E-state index in [0.29, 0.717) is 6.29 Å². The molecule has 6 nitrogen and oxygen atoms in total. The number of rotatable bonds is 2. The van der Waals surface area contributed by atoms with Crippen molar-refractivity contribution in [3.8, 4) is 5.95 Å². The summed E-state index contributed by atoms with van der Waals surface area (Å²) in [5.41, 5.74) is -0.683. The quantitative estimate of drug-likeness (QED) is 0.699. The molecule has 0 fully saturated rings. The molecule has 0 bridgehead atoms. The third-order valence-corrected chi connectivity index (χ3v) is 1.71. The zero-order chi connectivity index (χ0) is 10.8. The number of nitrogens with zero attached hydrogens (tertiary/aromatic N) is 3. The number of carbonyl (C=O) groups excluding carboxylic acids is 1. The van der Waals surface area contributed by atoms with Gasteiger partial charge in [0.25, 0.3) is 5.56 Å². The Morgan fingerprint density at radius 3 is 2.80 bits per heavy atom. The van der Waals surface area contributed by atoms with Gasteiger partial charge in [-0.1, -0.05) is 0 Å². The molecule has 2 aromatic rings. The van der Waals surface area contributed by atoms with Crippen molar-refractivity contribution >= 4 is 6.29 Å². The number of aldehydes is 1. The second-order valence-corrected chi connectivity index (χ2v) is 2.71. The summed E-state index contributed by atoms with van der Waals surface area (Å²) >= 11 is 0. The Morgan fingerprint density at radius 2 is 2.27 bits per heavy atom. The maximum atomic E-state index is 12.6. The highest BCUT2D eigenvalue weighted by atomic mass is 19.1. The van der Waals surface area contributed by atoms with Gasteiger partial charge in [0.1, 0.15) is 0 Å². The van der Waals surface area contributed by atoms with Crippen LogP contribution in [-0.4, -0.2) is 26.0 Å². The lowest BCUT2D eigenvalue weighted by molar-refractivity contribution is 0.112. The minimum Gasteiger partial charge on any atom is -0.298 e. The van der Waals surface area contributed by atoms with Crippen molar-refractivity contribution in [2.24, 2.45) is 0 Å². The van der Waals surface area contributed by atoms with E-state index in [1.807, 2.05) is 0 Å². The number of hydrogen-bond donors (Lipinski definition) is 1. The van der Waals surface area contributed by atoms with Gasteiger partial charge in [-0.25, -0.2) is 14.1 Å². The molecule has 0 aliphatic carbocycles. The minimum absolute atomic E-state index is 0.0505. The molecule has 0 aliphatic rings. The molecule has 0 saturated heterocycles. The third kappa shape index (κ3) is 1.66. The standard InChI is InChI=1S/C8H5FN4O2/c9-6-2-11-13(3-6)8-10-1-5(4-14)7(15)12-8/h1-4H,(H,10,12,15).